The van der Waals surface area contributed by atoms with Crippen LogP contribution in [-0.2, 0) is 0 Å². The lowest BCUT2D eigenvalue weighted by Crippen LogP contribution is -1.58. The first-order valence-electron chi connectivity index (χ1n) is 6.16. The van der Waals surface area contributed by atoms with Crippen molar-refractivity contribution in [1.82, 2.24) is 0 Å². The van der Waals surface area contributed by atoms with E-state index < -0.39 is 0 Å². The summed E-state index contributed by atoms with van der Waals surface area (Å²) in [5, 5.41) is 0. The maximum Gasteiger partial charge on any atom is 0.0704 e. The van der Waals surface area contributed by atoms with E-state index >= 15 is 0 Å². The topological polar surface area (TPSA) is 0 Å². The molecule has 3 rings (SSSR count). The third kappa shape index (κ3) is 4.50. The highest BCUT2D eigenvalue weighted by molar-refractivity contribution is 9.11. The van der Waals surface area contributed by atoms with Gasteiger partial charge in [0.1, 0.15) is 0 Å². The molecule has 0 saturated carbocycles. The second kappa shape index (κ2) is 7.20. The third-order valence-corrected chi connectivity index (χ3v) is 6.85. The van der Waals surface area contributed by atoms with Gasteiger partial charge in [0.05, 0.1) is 7.57 Å². The molecule has 0 saturated heterocycles. The van der Waals surface area contributed by atoms with E-state index in [0.29, 0.717) is 0 Å². The molecule has 0 aliphatic heterocycles. The molecule has 3 aromatic rings. The second-order valence-electron chi connectivity index (χ2n) is 4.19. The van der Waals surface area contributed by atoms with Crippen LogP contribution in [-0.4, -0.2) is 0 Å². The van der Waals surface area contributed by atoms with Crippen LogP contribution in [0.2, 0.25) is 0 Å². The van der Waals surface area contributed by atoms with Gasteiger partial charge in [-0.3, -0.25) is 0 Å². The number of rotatable bonds is 4. The third-order valence-electron chi connectivity index (χ3n) is 2.66. The standard InChI is InChI=1S/C16H10Br2S3/c17-15-9-7-13(20-15)5-3-11-1-2-12(19-11)4-6-14-8-10-16(18)21-14/h1-10H/b5-3+,6-4+. The molecule has 0 nitrogen and oxygen atoms in total. The molecule has 0 amide bonds. The van der Waals surface area contributed by atoms with Crippen molar-refractivity contribution in [1.29, 1.82) is 0 Å². The minimum atomic E-state index is 1.17. The lowest BCUT2D eigenvalue weighted by molar-refractivity contribution is 1.90. The van der Waals surface area contributed by atoms with E-state index in [-0.39, 0.29) is 0 Å². The Morgan fingerprint density at radius 3 is 1.19 bits per heavy atom. The van der Waals surface area contributed by atoms with Gasteiger partial charge in [-0.15, -0.1) is 34.0 Å². The van der Waals surface area contributed by atoms with E-state index in [9.17, 15) is 0 Å². The van der Waals surface area contributed by atoms with Gasteiger partial charge in [-0.1, -0.05) is 0 Å². The Balaban J connectivity index is 1.68. The largest absolute Gasteiger partial charge is 0.137 e. The zero-order valence-corrected chi connectivity index (χ0v) is 16.4. The minimum Gasteiger partial charge on any atom is -0.137 e. The average molecular weight is 458 g/mol. The highest BCUT2D eigenvalue weighted by Gasteiger charge is 1.97. The molecule has 0 aliphatic rings. The van der Waals surface area contributed by atoms with Gasteiger partial charge in [0.2, 0.25) is 0 Å². The summed E-state index contributed by atoms with van der Waals surface area (Å²) >= 11 is 12.2. The maximum absolute atomic E-state index is 3.48. The summed E-state index contributed by atoms with van der Waals surface area (Å²) in [6.07, 6.45) is 8.65. The van der Waals surface area contributed by atoms with Crippen LogP contribution in [0.25, 0.3) is 24.3 Å². The van der Waals surface area contributed by atoms with Crippen molar-refractivity contribution in [2.24, 2.45) is 0 Å². The SMILES string of the molecule is Brc1ccc(/C=C/c2ccc(/C=C/c3ccc(Br)s3)s2)s1. The van der Waals surface area contributed by atoms with Gasteiger partial charge in [-0.25, -0.2) is 0 Å². The molecule has 106 valence electrons. The van der Waals surface area contributed by atoms with Gasteiger partial charge < -0.3 is 0 Å². The molecule has 21 heavy (non-hydrogen) atoms. The second-order valence-corrected chi connectivity index (χ2v) is 10.3. The number of thiophene rings is 3. The van der Waals surface area contributed by atoms with E-state index in [0.717, 1.165) is 0 Å². The lowest BCUT2D eigenvalue weighted by Gasteiger charge is -1.85. The Kier molecular flexibility index (Phi) is 5.29. The Morgan fingerprint density at radius 2 is 0.857 bits per heavy atom. The van der Waals surface area contributed by atoms with E-state index in [4.69, 9.17) is 0 Å². The fourth-order valence-corrected chi connectivity index (χ4v) is 5.18. The summed E-state index contributed by atoms with van der Waals surface area (Å²) in [6.45, 7) is 0. The molecule has 0 bridgehead atoms. The van der Waals surface area contributed by atoms with Gasteiger partial charge >= 0.3 is 0 Å². The molecule has 0 fully saturated rings. The Labute approximate surface area is 152 Å². The molecule has 0 unspecified atom stereocenters. The van der Waals surface area contributed by atoms with E-state index in [1.807, 2.05) is 0 Å². The molecule has 0 aliphatic carbocycles. The maximum atomic E-state index is 3.48. The van der Waals surface area contributed by atoms with E-state index in [1.54, 1.807) is 34.0 Å². The minimum absolute atomic E-state index is 1.17. The molecule has 3 aromatic heterocycles. The first-order valence-corrected chi connectivity index (χ1v) is 10.2. The fourth-order valence-electron chi connectivity index (χ4n) is 1.71. The van der Waals surface area contributed by atoms with Crippen LogP contribution >= 0.6 is 65.9 Å². The van der Waals surface area contributed by atoms with Crippen LogP contribution in [0.5, 0.6) is 0 Å². The predicted octanol–water partition coefficient (Wildman–Crippen LogP) is 7.74. The van der Waals surface area contributed by atoms with Gasteiger partial charge in [0.15, 0.2) is 0 Å². The zero-order valence-electron chi connectivity index (χ0n) is 10.8. The summed E-state index contributed by atoms with van der Waals surface area (Å²) in [5.41, 5.74) is 0. The highest BCUT2D eigenvalue weighted by atomic mass is 79.9. The first-order chi connectivity index (χ1) is 10.2. The lowest BCUT2D eigenvalue weighted by atomic mass is 10.3. The van der Waals surface area contributed by atoms with Gasteiger partial charge in [0.25, 0.3) is 0 Å². The van der Waals surface area contributed by atoms with Gasteiger partial charge in [-0.05, 0) is 92.6 Å². The Bertz CT molecular complexity index is 725. The summed E-state index contributed by atoms with van der Waals surface area (Å²) in [4.78, 5) is 5.06. The molecule has 0 radical (unpaired) electrons. The van der Waals surface area contributed by atoms with Crippen LogP contribution in [0.4, 0.5) is 0 Å². The predicted molar refractivity (Wildman–Crippen MR) is 106 cm³/mol. The molecule has 0 N–H and O–H groups in total. The van der Waals surface area contributed by atoms with Crippen molar-refractivity contribution < 1.29 is 0 Å². The van der Waals surface area contributed by atoms with Crippen molar-refractivity contribution >= 4 is 90.2 Å². The van der Waals surface area contributed by atoms with Crippen molar-refractivity contribution in [3.8, 4) is 0 Å². The smallest absolute Gasteiger partial charge is 0.0704 e. The van der Waals surface area contributed by atoms with Crippen molar-refractivity contribution in [3.63, 3.8) is 0 Å². The van der Waals surface area contributed by atoms with Gasteiger partial charge in [-0.2, -0.15) is 0 Å². The molecular formula is C16H10Br2S3. The summed E-state index contributed by atoms with van der Waals surface area (Å²) in [6, 6.07) is 12.7. The molecular weight excluding hydrogens is 448 g/mol. The van der Waals surface area contributed by atoms with Crippen LogP contribution in [0.3, 0.4) is 0 Å². The molecule has 3 heterocycles. The first kappa shape index (κ1) is 15.4. The normalized spacial score (nSPS) is 11.9. The Morgan fingerprint density at radius 1 is 0.524 bits per heavy atom. The highest BCUT2D eigenvalue weighted by Crippen LogP contribution is 2.27. The zero-order chi connectivity index (χ0) is 14.7. The molecule has 0 atom stereocenters. The molecule has 5 heteroatoms. The molecule has 0 spiro atoms. The van der Waals surface area contributed by atoms with Crippen LogP contribution in [0.1, 0.15) is 19.5 Å². The van der Waals surface area contributed by atoms with Crippen LogP contribution < -0.4 is 0 Å². The van der Waals surface area contributed by atoms with E-state index in [2.05, 4.69) is 92.6 Å². The van der Waals surface area contributed by atoms with Crippen molar-refractivity contribution in [2.75, 3.05) is 0 Å². The van der Waals surface area contributed by atoms with E-state index in [1.165, 1.54) is 27.1 Å². The summed E-state index contributed by atoms with van der Waals surface area (Å²) < 4.78 is 2.33. The fraction of sp³-hybridized carbons (Fsp3) is 0. The molecule has 0 aromatic carbocycles. The van der Waals surface area contributed by atoms with Crippen LogP contribution in [0, 0.1) is 0 Å². The number of halogens is 2. The quantitative estimate of drug-likeness (QED) is 0.375. The number of hydrogen-bond donors (Lipinski definition) is 0. The monoisotopic (exact) mass is 456 g/mol. The average Bonchev–Trinajstić information content (AvgIpc) is 3.16. The summed E-state index contributed by atoms with van der Waals surface area (Å²) in [7, 11) is 0. The van der Waals surface area contributed by atoms with Crippen molar-refractivity contribution in [3.05, 3.63) is 63.5 Å². The van der Waals surface area contributed by atoms with Crippen molar-refractivity contribution in [2.45, 2.75) is 0 Å². The number of hydrogen-bond acceptors (Lipinski definition) is 3. The van der Waals surface area contributed by atoms with Gasteiger partial charge in [0, 0.05) is 19.5 Å². The summed E-state index contributed by atoms with van der Waals surface area (Å²) in [5.74, 6) is 0. The van der Waals surface area contributed by atoms with Crippen LogP contribution in [0.15, 0.2) is 44.0 Å². The Hall–Kier alpha value is -0.460.